The number of nitrogens with one attached hydrogen (secondary N) is 2. The van der Waals surface area contributed by atoms with Crippen LogP contribution in [0.1, 0.15) is 6.92 Å². The van der Waals surface area contributed by atoms with E-state index in [0.29, 0.717) is 10.8 Å². The molecule has 0 spiro atoms. The normalized spacial score (nSPS) is 12.1. The van der Waals surface area contributed by atoms with Crippen LogP contribution >= 0.6 is 46.0 Å². The first-order chi connectivity index (χ1) is 12.0. The van der Waals surface area contributed by atoms with E-state index in [4.69, 9.17) is 11.6 Å². The van der Waals surface area contributed by atoms with Gasteiger partial charge < -0.3 is 10.6 Å². The van der Waals surface area contributed by atoms with Gasteiger partial charge in [-0.25, -0.2) is 9.97 Å². The molecular formula is C15H13ClN4O2S3. The molecule has 6 nitrogen and oxygen atoms in total. The first kappa shape index (κ1) is 18.1. The molecular weight excluding hydrogens is 400 g/mol. The van der Waals surface area contributed by atoms with Crippen molar-refractivity contribution in [1.29, 1.82) is 0 Å². The number of thiazole rings is 2. The van der Waals surface area contributed by atoms with Crippen LogP contribution in [-0.2, 0) is 9.59 Å². The van der Waals surface area contributed by atoms with Gasteiger partial charge in [-0.3, -0.25) is 9.59 Å². The molecule has 0 aliphatic carbocycles. The Morgan fingerprint density at radius 3 is 2.92 bits per heavy atom. The first-order valence-corrected chi connectivity index (χ1v) is 10.3. The van der Waals surface area contributed by atoms with Crippen LogP contribution in [0.2, 0.25) is 0 Å². The number of alkyl halides is 1. The predicted octanol–water partition coefficient (Wildman–Crippen LogP) is 4.05. The number of halogens is 1. The zero-order chi connectivity index (χ0) is 17.8. The number of hydrogen-bond donors (Lipinski definition) is 2. The Kier molecular flexibility index (Phi) is 5.89. The summed E-state index contributed by atoms with van der Waals surface area (Å²) >= 11 is 9.73. The molecule has 2 heterocycles. The Morgan fingerprint density at radius 2 is 2.20 bits per heavy atom. The van der Waals surface area contributed by atoms with E-state index in [-0.39, 0.29) is 22.9 Å². The van der Waals surface area contributed by atoms with Gasteiger partial charge in [0.15, 0.2) is 9.47 Å². The standard InChI is InChI=1S/C15H13ClN4O2S3/c1-8(13(22)20-14-17-4-5-23-14)24-15-19-10-3-2-9(6-11(10)25-15)18-12(21)7-16/h2-6,8H,7H2,1H3,(H,18,21)(H,17,20,22)/t8-/m0/s1. The maximum absolute atomic E-state index is 12.2. The molecule has 2 aromatic heterocycles. The second kappa shape index (κ2) is 8.13. The maximum atomic E-state index is 12.2. The lowest BCUT2D eigenvalue weighted by Gasteiger charge is -2.07. The van der Waals surface area contributed by atoms with Gasteiger partial charge in [0.25, 0.3) is 0 Å². The molecule has 0 unspecified atom stereocenters. The van der Waals surface area contributed by atoms with Crippen molar-refractivity contribution in [2.45, 2.75) is 16.5 Å². The molecule has 10 heteroatoms. The number of benzene rings is 1. The lowest BCUT2D eigenvalue weighted by atomic mass is 10.3. The van der Waals surface area contributed by atoms with Crippen molar-refractivity contribution in [3.8, 4) is 0 Å². The second-order valence-corrected chi connectivity index (χ2v) is 8.71. The summed E-state index contributed by atoms with van der Waals surface area (Å²) < 4.78 is 1.72. The summed E-state index contributed by atoms with van der Waals surface area (Å²) in [6.07, 6.45) is 1.65. The lowest BCUT2D eigenvalue weighted by Crippen LogP contribution is -2.22. The topological polar surface area (TPSA) is 84.0 Å². The summed E-state index contributed by atoms with van der Waals surface area (Å²) in [6.45, 7) is 1.83. The number of nitrogens with zero attached hydrogens (tertiary/aromatic N) is 2. The molecule has 2 amide bonds. The van der Waals surface area contributed by atoms with Crippen LogP contribution < -0.4 is 10.6 Å². The van der Waals surface area contributed by atoms with Crippen LogP contribution in [0.25, 0.3) is 10.2 Å². The van der Waals surface area contributed by atoms with Crippen molar-refractivity contribution in [1.82, 2.24) is 9.97 Å². The fraction of sp³-hybridized carbons (Fsp3) is 0.200. The number of amides is 2. The average molecular weight is 413 g/mol. The van der Waals surface area contributed by atoms with Crippen LogP contribution in [0, 0.1) is 0 Å². The molecule has 0 radical (unpaired) electrons. The van der Waals surface area contributed by atoms with Crippen molar-refractivity contribution in [3.05, 3.63) is 29.8 Å². The number of anilines is 2. The highest BCUT2D eigenvalue weighted by Crippen LogP contribution is 2.33. The number of carbonyl (C=O) groups is 2. The summed E-state index contributed by atoms with van der Waals surface area (Å²) in [6, 6.07) is 5.46. The SMILES string of the molecule is C[C@H](Sc1nc2ccc(NC(=O)CCl)cc2s1)C(=O)Nc1nccs1. The number of fused-ring (bicyclic) bond motifs is 1. The van der Waals surface area contributed by atoms with Crippen LogP contribution in [-0.4, -0.2) is 32.9 Å². The second-order valence-electron chi connectivity index (χ2n) is 4.93. The fourth-order valence-electron chi connectivity index (χ4n) is 1.92. The molecule has 0 saturated heterocycles. The summed E-state index contributed by atoms with van der Waals surface area (Å²) in [4.78, 5) is 32.1. The lowest BCUT2D eigenvalue weighted by molar-refractivity contribution is -0.115. The smallest absolute Gasteiger partial charge is 0.239 e. The van der Waals surface area contributed by atoms with Crippen LogP contribution in [0.5, 0.6) is 0 Å². The minimum absolute atomic E-state index is 0.0897. The summed E-state index contributed by atoms with van der Waals surface area (Å²) in [5.41, 5.74) is 1.50. The predicted molar refractivity (Wildman–Crippen MR) is 105 cm³/mol. The minimum Gasteiger partial charge on any atom is -0.325 e. The first-order valence-electron chi connectivity index (χ1n) is 7.18. The highest BCUT2D eigenvalue weighted by atomic mass is 35.5. The van der Waals surface area contributed by atoms with E-state index in [2.05, 4.69) is 20.6 Å². The molecule has 2 N–H and O–H groups in total. The molecule has 1 atom stereocenters. The van der Waals surface area contributed by atoms with Gasteiger partial charge in [-0.15, -0.1) is 34.3 Å². The third kappa shape index (κ3) is 4.69. The maximum Gasteiger partial charge on any atom is 0.239 e. The van der Waals surface area contributed by atoms with Gasteiger partial charge in [0.2, 0.25) is 11.8 Å². The molecule has 0 saturated carbocycles. The Bertz CT molecular complexity index is 897. The number of aromatic nitrogens is 2. The molecule has 0 aliphatic heterocycles. The molecule has 1 aromatic carbocycles. The van der Waals surface area contributed by atoms with E-state index in [1.165, 1.54) is 34.4 Å². The summed E-state index contributed by atoms with van der Waals surface area (Å²) in [7, 11) is 0. The van der Waals surface area contributed by atoms with Crippen LogP contribution in [0.4, 0.5) is 10.8 Å². The van der Waals surface area contributed by atoms with Gasteiger partial charge >= 0.3 is 0 Å². The van der Waals surface area contributed by atoms with E-state index >= 15 is 0 Å². The van der Waals surface area contributed by atoms with Crippen molar-refractivity contribution in [2.24, 2.45) is 0 Å². The van der Waals surface area contributed by atoms with Gasteiger partial charge in [0.1, 0.15) is 5.88 Å². The van der Waals surface area contributed by atoms with Crippen molar-refractivity contribution >= 4 is 78.9 Å². The van der Waals surface area contributed by atoms with E-state index in [1.54, 1.807) is 12.3 Å². The van der Waals surface area contributed by atoms with Crippen molar-refractivity contribution in [2.75, 3.05) is 16.5 Å². The highest BCUT2D eigenvalue weighted by Gasteiger charge is 2.18. The van der Waals surface area contributed by atoms with Crippen molar-refractivity contribution < 1.29 is 9.59 Å². The Balaban J connectivity index is 1.68. The van der Waals surface area contributed by atoms with E-state index in [1.807, 2.05) is 24.4 Å². The molecule has 0 fully saturated rings. The van der Waals surface area contributed by atoms with Crippen LogP contribution in [0.15, 0.2) is 34.1 Å². The van der Waals surface area contributed by atoms with E-state index in [9.17, 15) is 9.59 Å². The molecule has 0 bridgehead atoms. The van der Waals surface area contributed by atoms with Gasteiger partial charge in [0.05, 0.1) is 15.5 Å². The zero-order valence-electron chi connectivity index (χ0n) is 13.0. The molecule has 0 aliphatic rings. The monoisotopic (exact) mass is 412 g/mol. The Hall–Kier alpha value is -1.68. The number of rotatable bonds is 6. The molecule has 3 aromatic rings. The third-order valence-electron chi connectivity index (χ3n) is 3.08. The fourth-order valence-corrected chi connectivity index (χ4v) is 4.77. The average Bonchev–Trinajstić information content (AvgIpc) is 3.23. The van der Waals surface area contributed by atoms with Gasteiger partial charge in [0, 0.05) is 17.3 Å². The highest BCUT2D eigenvalue weighted by molar-refractivity contribution is 8.02. The minimum atomic E-state index is -0.306. The summed E-state index contributed by atoms with van der Waals surface area (Å²) in [5.74, 6) is -0.463. The largest absolute Gasteiger partial charge is 0.325 e. The Labute approximate surface area is 161 Å². The zero-order valence-corrected chi connectivity index (χ0v) is 16.2. The van der Waals surface area contributed by atoms with E-state index < -0.39 is 0 Å². The van der Waals surface area contributed by atoms with Crippen molar-refractivity contribution in [3.63, 3.8) is 0 Å². The quantitative estimate of drug-likeness (QED) is 0.471. The molecule has 25 heavy (non-hydrogen) atoms. The van der Waals surface area contributed by atoms with Gasteiger partial charge in [-0.2, -0.15) is 0 Å². The summed E-state index contributed by atoms with van der Waals surface area (Å²) in [5, 5.41) is 7.57. The number of hydrogen-bond acceptors (Lipinski definition) is 7. The van der Waals surface area contributed by atoms with Crippen LogP contribution in [0.3, 0.4) is 0 Å². The molecule has 3 rings (SSSR count). The molecule has 130 valence electrons. The van der Waals surface area contributed by atoms with Gasteiger partial charge in [-0.05, 0) is 25.1 Å². The van der Waals surface area contributed by atoms with E-state index in [0.717, 1.165) is 14.6 Å². The van der Waals surface area contributed by atoms with Gasteiger partial charge in [-0.1, -0.05) is 11.8 Å². The third-order valence-corrected chi connectivity index (χ3v) is 6.23. The number of carbonyl (C=O) groups excluding carboxylic acids is 2. The Morgan fingerprint density at radius 1 is 1.36 bits per heavy atom. The number of thioether (sulfide) groups is 1.